The summed E-state index contributed by atoms with van der Waals surface area (Å²) in [6.45, 7) is 4.48. The predicted molar refractivity (Wildman–Crippen MR) is 95.0 cm³/mol. The van der Waals surface area contributed by atoms with Gasteiger partial charge in [0.15, 0.2) is 0 Å². The van der Waals surface area contributed by atoms with Crippen LogP contribution in [0.2, 0.25) is 5.02 Å². The third kappa shape index (κ3) is 4.61. The Bertz CT molecular complexity index is 473. The smallest absolute Gasteiger partial charge is 0.230 e. The molecule has 1 aliphatic rings. The zero-order chi connectivity index (χ0) is 15.1. The maximum atomic E-state index is 12.8. The SMILES string of the molecule is CCNCCNC(=O)C1(c2cccc(Cl)c2)CCCCC1.Cl. The fourth-order valence-corrected chi connectivity index (χ4v) is 3.39. The van der Waals surface area contributed by atoms with Crippen molar-refractivity contribution < 1.29 is 4.79 Å². The van der Waals surface area contributed by atoms with E-state index in [-0.39, 0.29) is 18.3 Å². The number of amides is 1. The van der Waals surface area contributed by atoms with E-state index in [1.165, 1.54) is 6.42 Å². The molecule has 0 spiro atoms. The van der Waals surface area contributed by atoms with E-state index in [0.29, 0.717) is 11.6 Å². The van der Waals surface area contributed by atoms with E-state index in [0.717, 1.165) is 44.3 Å². The monoisotopic (exact) mass is 344 g/mol. The topological polar surface area (TPSA) is 41.1 Å². The van der Waals surface area contributed by atoms with E-state index in [2.05, 4.69) is 17.6 Å². The van der Waals surface area contributed by atoms with E-state index < -0.39 is 5.41 Å². The van der Waals surface area contributed by atoms with Crippen LogP contribution < -0.4 is 10.6 Å². The number of hydrogen-bond donors (Lipinski definition) is 2. The molecule has 0 aromatic heterocycles. The number of carbonyl (C=O) groups is 1. The van der Waals surface area contributed by atoms with Crippen molar-refractivity contribution in [3.8, 4) is 0 Å². The van der Waals surface area contributed by atoms with Gasteiger partial charge in [-0.2, -0.15) is 0 Å². The molecule has 1 aromatic carbocycles. The van der Waals surface area contributed by atoms with Gasteiger partial charge in [0.1, 0.15) is 0 Å². The first-order valence-corrected chi connectivity index (χ1v) is 8.32. The molecule has 0 bridgehead atoms. The molecule has 124 valence electrons. The van der Waals surface area contributed by atoms with Gasteiger partial charge in [0.05, 0.1) is 5.41 Å². The zero-order valence-electron chi connectivity index (χ0n) is 13.2. The summed E-state index contributed by atoms with van der Waals surface area (Å²) in [5.41, 5.74) is 0.672. The normalized spacial score (nSPS) is 16.6. The van der Waals surface area contributed by atoms with E-state index >= 15 is 0 Å². The molecule has 0 aliphatic heterocycles. The molecule has 0 heterocycles. The summed E-state index contributed by atoms with van der Waals surface area (Å²) >= 11 is 6.13. The third-order valence-corrected chi connectivity index (χ3v) is 4.59. The van der Waals surface area contributed by atoms with Gasteiger partial charge in [0, 0.05) is 18.1 Å². The van der Waals surface area contributed by atoms with Crippen LogP contribution in [0.25, 0.3) is 0 Å². The van der Waals surface area contributed by atoms with Crippen molar-refractivity contribution in [2.75, 3.05) is 19.6 Å². The summed E-state index contributed by atoms with van der Waals surface area (Å²) in [6, 6.07) is 7.81. The highest BCUT2D eigenvalue weighted by Gasteiger charge is 2.40. The average Bonchev–Trinajstić information content (AvgIpc) is 2.52. The molecule has 1 amide bonds. The molecule has 1 aliphatic carbocycles. The van der Waals surface area contributed by atoms with Gasteiger partial charge in [-0.1, -0.05) is 49.9 Å². The van der Waals surface area contributed by atoms with Gasteiger partial charge in [0.2, 0.25) is 5.91 Å². The van der Waals surface area contributed by atoms with Gasteiger partial charge in [-0.15, -0.1) is 12.4 Å². The number of rotatable bonds is 6. The van der Waals surface area contributed by atoms with Crippen molar-refractivity contribution in [3.63, 3.8) is 0 Å². The molecule has 22 heavy (non-hydrogen) atoms. The molecule has 3 nitrogen and oxygen atoms in total. The first-order chi connectivity index (χ1) is 10.2. The Morgan fingerprint density at radius 1 is 1.23 bits per heavy atom. The maximum Gasteiger partial charge on any atom is 0.230 e. The molecule has 2 N–H and O–H groups in total. The highest BCUT2D eigenvalue weighted by molar-refractivity contribution is 6.30. The van der Waals surface area contributed by atoms with E-state index in [4.69, 9.17) is 11.6 Å². The van der Waals surface area contributed by atoms with Gasteiger partial charge in [-0.3, -0.25) is 4.79 Å². The predicted octanol–water partition coefficient (Wildman–Crippen LogP) is 3.69. The Hall–Kier alpha value is -0.770. The van der Waals surface area contributed by atoms with E-state index in [1.54, 1.807) is 0 Å². The van der Waals surface area contributed by atoms with Crippen molar-refractivity contribution in [1.82, 2.24) is 10.6 Å². The van der Waals surface area contributed by atoms with Crippen molar-refractivity contribution in [2.45, 2.75) is 44.4 Å². The molecule has 0 saturated heterocycles. The molecular formula is C17H26Cl2N2O. The van der Waals surface area contributed by atoms with Gasteiger partial charge in [0.25, 0.3) is 0 Å². The highest BCUT2D eigenvalue weighted by atomic mass is 35.5. The van der Waals surface area contributed by atoms with Gasteiger partial charge < -0.3 is 10.6 Å². The van der Waals surface area contributed by atoms with Crippen LogP contribution in [0.4, 0.5) is 0 Å². The Morgan fingerprint density at radius 3 is 2.59 bits per heavy atom. The Morgan fingerprint density at radius 2 is 1.95 bits per heavy atom. The summed E-state index contributed by atoms with van der Waals surface area (Å²) in [4.78, 5) is 12.8. The quantitative estimate of drug-likeness (QED) is 0.772. The lowest BCUT2D eigenvalue weighted by Crippen LogP contribution is -2.47. The molecule has 1 fully saturated rings. The lowest BCUT2D eigenvalue weighted by atomic mass is 9.68. The summed E-state index contributed by atoms with van der Waals surface area (Å²) in [6.07, 6.45) is 5.26. The maximum absolute atomic E-state index is 12.8. The highest BCUT2D eigenvalue weighted by Crippen LogP contribution is 2.40. The molecular weight excluding hydrogens is 319 g/mol. The minimum atomic E-state index is -0.393. The number of likely N-dealkylation sites (N-methyl/N-ethyl adjacent to an activating group) is 1. The zero-order valence-corrected chi connectivity index (χ0v) is 14.7. The van der Waals surface area contributed by atoms with Crippen molar-refractivity contribution in [3.05, 3.63) is 34.9 Å². The molecule has 1 saturated carbocycles. The Balaban J connectivity index is 0.00000242. The number of halogens is 2. The summed E-state index contributed by atoms with van der Waals surface area (Å²) in [7, 11) is 0. The number of carbonyl (C=O) groups excluding carboxylic acids is 1. The van der Waals surface area contributed by atoms with Crippen molar-refractivity contribution in [2.24, 2.45) is 0 Å². The number of benzene rings is 1. The molecule has 0 unspecified atom stereocenters. The van der Waals surface area contributed by atoms with Crippen LogP contribution in [-0.2, 0) is 10.2 Å². The number of nitrogens with one attached hydrogen (secondary N) is 2. The Kier molecular flexibility index (Phi) is 8.23. The van der Waals surface area contributed by atoms with E-state index in [1.807, 2.05) is 24.3 Å². The van der Waals surface area contributed by atoms with Gasteiger partial charge in [-0.25, -0.2) is 0 Å². The summed E-state index contributed by atoms with van der Waals surface area (Å²) in [5.74, 6) is 0.155. The minimum Gasteiger partial charge on any atom is -0.354 e. The van der Waals surface area contributed by atoms with Crippen LogP contribution in [0.1, 0.15) is 44.6 Å². The molecule has 1 aromatic rings. The third-order valence-electron chi connectivity index (χ3n) is 4.36. The van der Waals surface area contributed by atoms with Crippen LogP contribution >= 0.6 is 24.0 Å². The second-order valence-electron chi connectivity index (χ2n) is 5.76. The molecule has 0 atom stereocenters. The molecule has 0 radical (unpaired) electrons. The molecule has 2 rings (SSSR count). The number of hydrogen-bond acceptors (Lipinski definition) is 2. The van der Waals surface area contributed by atoms with Crippen molar-refractivity contribution >= 4 is 29.9 Å². The molecule has 5 heteroatoms. The second kappa shape index (κ2) is 9.39. The standard InChI is InChI=1S/C17H25ClN2O.ClH/c1-2-19-11-12-20-16(21)17(9-4-3-5-10-17)14-7-6-8-15(18)13-14;/h6-8,13,19H,2-5,9-12H2,1H3,(H,20,21);1H. The lowest BCUT2D eigenvalue weighted by Gasteiger charge is -2.36. The van der Waals surface area contributed by atoms with Gasteiger partial charge in [-0.05, 0) is 37.1 Å². The Labute approximate surface area is 144 Å². The first kappa shape index (κ1) is 19.3. The minimum absolute atomic E-state index is 0. The fourth-order valence-electron chi connectivity index (χ4n) is 3.20. The summed E-state index contributed by atoms with van der Waals surface area (Å²) in [5, 5.41) is 7.04. The van der Waals surface area contributed by atoms with Crippen LogP contribution in [0.3, 0.4) is 0 Å². The lowest BCUT2D eigenvalue weighted by molar-refractivity contribution is -0.128. The second-order valence-corrected chi connectivity index (χ2v) is 6.20. The fraction of sp³-hybridized carbons (Fsp3) is 0.588. The van der Waals surface area contributed by atoms with Crippen LogP contribution in [0, 0.1) is 0 Å². The largest absolute Gasteiger partial charge is 0.354 e. The first-order valence-electron chi connectivity index (χ1n) is 7.94. The van der Waals surface area contributed by atoms with Crippen LogP contribution in [0.5, 0.6) is 0 Å². The van der Waals surface area contributed by atoms with Crippen molar-refractivity contribution in [1.29, 1.82) is 0 Å². The van der Waals surface area contributed by atoms with Crippen LogP contribution in [-0.4, -0.2) is 25.5 Å². The van der Waals surface area contributed by atoms with E-state index in [9.17, 15) is 4.79 Å². The van der Waals surface area contributed by atoms with Gasteiger partial charge >= 0.3 is 0 Å². The van der Waals surface area contributed by atoms with Crippen LogP contribution in [0.15, 0.2) is 24.3 Å². The average molecular weight is 345 g/mol. The summed E-state index contributed by atoms with van der Waals surface area (Å²) < 4.78 is 0.